The number of halogens is 2. The van der Waals surface area contributed by atoms with Gasteiger partial charge in [-0.1, -0.05) is 0 Å². The van der Waals surface area contributed by atoms with Gasteiger partial charge in [-0.3, -0.25) is 9.78 Å². The van der Waals surface area contributed by atoms with Crippen molar-refractivity contribution >= 4 is 16.8 Å². The number of carbonyl (C=O) groups is 1. The van der Waals surface area contributed by atoms with Gasteiger partial charge in [-0.05, 0) is 87.1 Å². The number of hydrogen-bond acceptors (Lipinski definition) is 2. The van der Waals surface area contributed by atoms with Crippen LogP contribution < -0.4 is 5.32 Å². The van der Waals surface area contributed by atoms with Crippen LogP contribution in [0.5, 0.6) is 0 Å². The highest BCUT2D eigenvalue weighted by Gasteiger charge is 2.36. The minimum Gasteiger partial charge on any atom is -0.353 e. The predicted octanol–water partition coefficient (Wildman–Crippen LogP) is 4.90. The molecule has 1 heterocycles. The van der Waals surface area contributed by atoms with Crippen molar-refractivity contribution in [2.45, 2.75) is 63.6 Å². The summed E-state index contributed by atoms with van der Waals surface area (Å²) in [5, 5.41) is 4.01. The van der Waals surface area contributed by atoms with Gasteiger partial charge in [-0.15, -0.1) is 0 Å². The van der Waals surface area contributed by atoms with Crippen LogP contribution >= 0.6 is 0 Å². The third-order valence-electron chi connectivity index (χ3n) is 6.48. The Hall–Kier alpha value is -2.04. The van der Waals surface area contributed by atoms with Crippen LogP contribution in [0.1, 0.15) is 56.9 Å². The topological polar surface area (TPSA) is 42.0 Å². The summed E-state index contributed by atoms with van der Waals surface area (Å²) in [6, 6.07) is 6.90. The summed E-state index contributed by atoms with van der Waals surface area (Å²) >= 11 is 0. The van der Waals surface area contributed by atoms with Crippen LogP contribution in [0.25, 0.3) is 10.9 Å². The molecule has 0 bridgehead atoms. The van der Waals surface area contributed by atoms with Gasteiger partial charge in [0, 0.05) is 23.5 Å². The molecule has 2 aliphatic carbocycles. The zero-order valence-electron chi connectivity index (χ0n) is 15.6. The fraction of sp³-hybridized carbons (Fsp3) is 0.545. The molecule has 1 aromatic heterocycles. The Balaban J connectivity index is 1.38. The molecule has 0 saturated heterocycles. The van der Waals surface area contributed by atoms with Crippen LogP contribution in [0.3, 0.4) is 0 Å². The number of hydrogen-bond donors (Lipinski definition) is 1. The Morgan fingerprint density at radius 2 is 1.93 bits per heavy atom. The molecule has 1 amide bonds. The van der Waals surface area contributed by atoms with E-state index < -0.39 is 6.17 Å². The van der Waals surface area contributed by atoms with Crippen LogP contribution in [-0.4, -0.2) is 23.1 Å². The quantitative estimate of drug-likeness (QED) is 0.829. The number of amides is 1. The van der Waals surface area contributed by atoms with Crippen molar-refractivity contribution in [1.29, 1.82) is 0 Å². The van der Waals surface area contributed by atoms with E-state index in [1.807, 2.05) is 6.07 Å². The summed E-state index contributed by atoms with van der Waals surface area (Å²) in [5.74, 6) is 0.478. The Morgan fingerprint density at radius 3 is 2.63 bits per heavy atom. The van der Waals surface area contributed by atoms with Crippen LogP contribution in [0.15, 0.2) is 30.5 Å². The predicted molar refractivity (Wildman–Crippen MR) is 102 cm³/mol. The first kappa shape index (κ1) is 18.3. The van der Waals surface area contributed by atoms with Crippen molar-refractivity contribution in [1.82, 2.24) is 10.3 Å². The van der Waals surface area contributed by atoms with Crippen molar-refractivity contribution in [3.63, 3.8) is 0 Å². The molecule has 1 unspecified atom stereocenters. The van der Waals surface area contributed by atoms with Crippen LogP contribution in [0.4, 0.5) is 8.78 Å². The van der Waals surface area contributed by atoms with E-state index in [4.69, 9.17) is 0 Å². The Labute approximate surface area is 158 Å². The number of nitrogens with one attached hydrogen (secondary N) is 1. The first-order valence-electron chi connectivity index (χ1n) is 10.00. The van der Waals surface area contributed by atoms with Gasteiger partial charge < -0.3 is 5.32 Å². The van der Waals surface area contributed by atoms with E-state index in [9.17, 15) is 13.6 Å². The monoisotopic (exact) mass is 372 g/mol. The number of rotatable bonds is 4. The number of pyridine rings is 1. The van der Waals surface area contributed by atoms with E-state index in [-0.39, 0.29) is 23.7 Å². The van der Waals surface area contributed by atoms with Crippen molar-refractivity contribution in [3.8, 4) is 0 Å². The Bertz CT molecular complexity index is 826. The second kappa shape index (κ2) is 7.53. The molecule has 0 aliphatic heterocycles. The smallest absolute Gasteiger partial charge is 0.223 e. The maximum atomic E-state index is 13.7. The summed E-state index contributed by atoms with van der Waals surface area (Å²) in [6.07, 6.45) is 5.86. The third-order valence-corrected chi connectivity index (χ3v) is 6.48. The summed E-state index contributed by atoms with van der Waals surface area (Å²) < 4.78 is 26.7. The number of nitrogens with zero attached hydrogens (tertiary/aromatic N) is 1. The molecule has 2 aromatic rings. The lowest BCUT2D eigenvalue weighted by Gasteiger charge is -2.35. The molecule has 1 atom stereocenters. The summed E-state index contributed by atoms with van der Waals surface area (Å²) in [4.78, 5) is 16.5. The van der Waals surface area contributed by atoms with Crippen molar-refractivity contribution in [2.24, 2.45) is 11.8 Å². The first-order valence-corrected chi connectivity index (χ1v) is 10.00. The molecule has 2 fully saturated rings. The van der Waals surface area contributed by atoms with Gasteiger partial charge in [0.1, 0.15) is 12.0 Å². The average Bonchev–Trinajstić information content (AvgIpc) is 2.65. The molecule has 2 aliphatic rings. The lowest BCUT2D eigenvalue weighted by molar-refractivity contribution is -0.130. The maximum absolute atomic E-state index is 13.7. The SMILES string of the molecule is CC(NC(=O)C1CC(F)C1)C1CCC(c2ccnc3ccc(F)cc23)CC1. The number of alkyl halides is 1. The first-order chi connectivity index (χ1) is 13.0. The fourth-order valence-corrected chi connectivity index (χ4v) is 4.65. The largest absolute Gasteiger partial charge is 0.353 e. The molecule has 0 spiro atoms. The number of fused-ring (bicyclic) bond motifs is 1. The van der Waals surface area contributed by atoms with Crippen LogP contribution in [0.2, 0.25) is 0 Å². The number of benzene rings is 1. The van der Waals surface area contributed by atoms with Gasteiger partial charge in [0.15, 0.2) is 0 Å². The minimum absolute atomic E-state index is 0.00845. The summed E-state index contributed by atoms with van der Waals surface area (Å²) in [6.45, 7) is 2.06. The van der Waals surface area contributed by atoms with E-state index in [1.165, 1.54) is 11.6 Å². The highest BCUT2D eigenvalue weighted by molar-refractivity contribution is 5.82. The van der Waals surface area contributed by atoms with Crippen molar-refractivity contribution in [3.05, 3.63) is 41.8 Å². The van der Waals surface area contributed by atoms with Crippen molar-refractivity contribution < 1.29 is 13.6 Å². The summed E-state index contributed by atoms with van der Waals surface area (Å²) in [5.41, 5.74) is 2.02. The minimum atomic E-state index is -0.800. The lowest BCUT2D eigenvalue weighted by Crippen LogP contribution is -2.46. The third kappa shape index (κ3) is 3.83. The van der Waals surface area contributed by atoms with Gasteiger partial charge in [0.2, 0.25) is 5.91 Å². The van der Waals surface area contributed by atoms with Gasteiger partial charge >= 0.3 is 0 Å². The van der Waals surface area contributed by atoms with Crippen LogP contribution in [0, 0.1) is 17.7 Å². The Morgan fingerprint density at radius 1 is 1.19 bits per heavy atom. The second-order valence-corrected chi connectivity index (χ2v) is 8.24. The molecule has 0 radical (unpaired) electrons. The van der Waals surface area contributed by atoms with Crippen LogP contribution in [-0.2, 0) is 4.79 Å². The summed E-state index contributed by atoms with van der Waals surface area (Å²) in [7, 11) is 0. The van der Waals surface area contributed by atoms with Crippen molar-refractivity contribution in [2.75, 3.05) is 0 Å². The molecule has 5 heteroatoms. The van der Waals surface area contributed by atoms with E-state index in [0.29, 0.717) is 24.7 Å². The van der Waals surface area contributed by atoms with Gasteiger partial charge in [-0.25, -0.2) is 8.78 Å². The van der Waals surface area contributed by atoms with E-state index >= 15 is 0 Å². The standard InChI is InChI=1S/C22H26F2N2O/c1-13(26-22(27)16-10-18(24)11-16)14-2-4-15(5-3-14)19-8-9-25-21-7-6-17(23)12-20(19)21/h6-9,12-16,18H,2-5,10-11H2,1H3,(H,26,27). The highest BCUT2D eigenvalue weighted by atomic mass is 19.1. The molecule has 1 aromatic carbocycles. The number of carbonyl (C=O) groups excluding carboxylic acids is 1. The maximum Gasteiger partial charge on any atom is 0.223 e. The van der Waals surface area contributed by atoms with E-state index in [0.717, 1.165) is 36.6 Å². The molecule has 144 valence electrons. The van der Waals surface area contributed by atoms with E-state index in [2.05, 4.69) is 17.2 Å². The second-order valence-electron chi connectivity index (χ2n) is 8.24. The van der Waals surface area contributed by atoms with Gasteiger partial charge in [-0.2, -0.15) is 0 Å². The molecular formula is C22H26F2N2O. The van der Waals surface area contributed by atoms with Gasteiger partial charge in [0.05, 0.1) is 5.52 Å². The van der Waals surface area contributed by atoms with Gasteiger partial charge in [0.25, 0.3) is 0 Å². The van der Waals surface area contributed by atoms with E-state index in [1.54, 1.807) is 18.3 Å². The zero-order valence-corrected chi connectivity index (χ0v) is 15.6. The molecule has 4 rings (SSSR count). The lowest BCUT2D eigenvalue weighted by atomic mass is 9.75. The molecule has 27 heavy (non-hydrogen) atoms. The Kier molecular flexibility index (Phi) is 5.11. The normalized spacial score (nSPS) is 29.1. The zero-order chi connectivity index (χ0) is 19.0. The molecule has 1 N–H and O–H groups in total. The molecule has 2 saturated carbocycles. The molecular weight excluding hydrogens is 346 g/mol. The number of aromatic nitrogens is 1. The fourth-order valence-electron chi connectivity index (χ4n) is 4.65. The highest BCUT2D eigenvalue weighted by Crippen LogP contribution is 2.39. The average molecular weight is 372 g/mol. The molecule has 3 nitrogen and oxygen atoms in total.